The standard InChI is InChI=1S/C18H20BFN2O2/c1-2-23-10-9-22-17-11-15(7-8-16(17)21-18(22)12-19)24-14-5-3-13(20)4-6-14/h3-8,11H,2,9-10,12,19H2,1H3. The average molecular weight is 326 g/mol. The number of hydrogen-bond acceptors (Lipinski definition) is 3. The van der Waals surface area contributed by atoms with Crippen LogP contribution in [0.15, 0.2) is 42.5 Å². The summed E-state index contributed by atoms with van der Waals surface area (Å²) in [5.41, 5.74) is 1.96. The van der Waals surface area contributed by atoms with Gasteiger partial charge in [0.2, 0.25) is 0 Å². The van der Waals surface area contributed by atoms with Crippen molar-refractivity contribution in [3.63, 3.8) is 0 Å². The molecule has 0 spiro atoms. The number of hydrogen-bond donors (Lipinski definition) is 0. The molecule has 124 valence electrons. The molecule has 4 nitrogen and oxygen atoms in total. The van der Waals surface area contributed by atoms with Crippen molar-refractivity contribution in [2.45, 2.75) is 19.8 Å². The minimum Gasteiger partial charge on any atom is -0.457 e. The van der Waals surface area contributed by atoms with Gasteiger partial charge in [-0.1, -0.05) is 0 Å². The van der Waals surface area contributed by atoms with Crippen LogP contribution in [0.3, 0.4) is 0 Å². The summed E-state index contributed by atoms with van der Waals surface area (Å²) in [6, 6.07) is 11.8. The molecule has 1 aromatic heterocycles. The molecule has 0 atom stereocenters. The molecule has 0 saturated heterocycles. The van der Waals surface area contributed by atoms with E-state index >= 15 is 0 Å². The summed E-state index contributed by atoms with van der Waals surface area (Å²) >= 11 is 0. The van der Waals surface area contributed by atoms with Crippen molar-refractivity contribution in [2.24, 2.45) is 0 Å². The van der Waals surface area contributed by atoms with Gasteiger partial charge in [0.15, 0.2) is 0 Å². The molecular weight excluding hydrogens is 306 g/mol. The van der Waals surface area contributed by atoms with Crippen LogP contribution in [0.5, 0.6) is 11.5 Å². The van der Waals surface area contributed by atoms with Crippen molar-refractivity contribution in [3.05, 3.63) is 54.1 Å². The third-order valence-electron chi connectivity index (χ3n) is 3.83. The maximum atomic E-state index is 13.0. The van der Waals surface area contributed by atoms with E-state index in [0.29, 0.717) is 24.7 Å². The SMILES string of the molecule is BCc1nc2ccc(Oc3ccc(F)cc3)cc2n1CCOCC. The zero-order valence-electron chi connectivity index (χ0n) is 14.0. The van der Waals surface area contributed by atoms with Crippen LogP contribution in [0.1, 0.15) is 12.7 Å². The van der Waals surface area contributed by atoms with Gasteiger partial charge in [-0.3, -0.25) is 0 Å². The van der Waals surface area contributed by atoms with Gasteiger partial charge in [0.1, 0.15) is 31.0 Å². The molecule has 0 aliphatic rings. The Balaban J connectivity index is 1.90. The molecule has 2 aromatic carbocycles. The van der Waals surface area contributed by atoms with Crippen molar-refractivity contribution >= 4 is 18.9 Å². The summed E-state index contributed by atoms with van der Waals surface area (Å²) in [7, 11) is 2.09. The number of halogens is 1. The van der Waals surface area contributed by atoms with Gasteiger partial charge < -0.3 is 14.0 Å². The van der Waals surface area contributed by atoms with E-state index in [1.54, 1.807) is 12.1 Å². The Hall–Kier alpha value is -2.34. The number of nitrogens with zero attached hydrogens (tertiary/aromatic N) is 2. The van der Waals surface area contributed by atoms with E-state index in [9.17, 15) is 4.39 Å². The van der Waals surface area contributed by atoms with E-state index in [1.807, 2.05) is 25.1 Å². The van der Waals surface area contributed by atoms with Crippen LogP contribution < -0.4 is 4.74 Å². The molecular formula is C18H20BFN2O2. The Labute approximate surface area is 141 Å². The molecule has 6 heteroatoms. The smallest absolute Gasteiger partial charge is 0.129 e. The van der Waals surface area contributed by atoms with Crippen molar-refractivity contribution < 1.29 is 13.9 Å². The Morgan fingerprint density at radius 3 is 2.58 bits per heavy atom. The number of fused-ring (bicyclic) bond motifs is 1. The van der Waals surface area contributed by atoms with E-state index in [2.05, 4.69) is 17.4 Å². The lowest BCUT2D eigenvalue weighted by Gasteiger charge is -2.09. The van der Waals surface area contributed by atoms with Gasteiger partial charge >= 0.3 is 0 Å². The lowest BCUT2D eigenvalue weighted by atomic mass is 10.1. The van der Waals surface area contributed by atoms with E-state index in [-0.39, 0.29) is 5.82 Å². The Bertz CT molecular complexity index is 818. The molecule has 0 bridgehead atoms. The van der Waals surface area contributed by atoms with Gasteiger partial charge in [0, 0.05) is 19.2 Å². The lowest BCUT2D eigenvalue weighted by molar-refractivity contribution is 0.139. The Morgan fingerprint density at radius 1 is 1.12 bits per heavy atom. The molecule has 0 amide bonds. The first-order chi connectivity index (χ1) is 11.7. The molecule has 0 radical (unpaired) electrons. The molecule has 0 unspecified atom stereocenters. The van der Waals surface area contributed by atoms with Gasteiger partial charge in [-0.2, -0.15) is 0 Å². The first kappa shape index (κ1) is 16.5. The van der Waals surface area contributed by atoms with E-state index < -0.39 is 0 Å². The lowest BCUT2D eigenvalue weighted by Crippen LogP contribution is -2.09. The molecule has 0 saturated carbocycles. The highest BCUT2D eigenvalue weighted by Gasteiger charge is 2.10. The quantitative estimate of drug-likeness (QED) is 0.494. The molecule has 0 fully saturated rings. The van der Waals surface area contributed by atoms with Crippen LogP contribution in [0.4, 0.5) is 4.39 Å². The van der Waals surface area contributed by atoms with Gasteiger partial charge in [-0.05, 0) is 49.6 Å². The molecule has 24 heavy (non-hydrogen) atoms. The van der Waals surface area contributed by atoms with Gasteiger partial charge in [0.05, 0.1) is 17.6 Å². The van der Waals surface area contributed by atoms with Crippen LogP contribution in [-0.2, 0) is 17.6 Å². The van der Waals surface area contributed by atoms with E-state index in [4.69, 9.17) is 9.47 Å². The molecule has 0 aliphatic heterocycles. The fraction of sp³-hybridized carbons (Fsp3) is 0.278. The second-order valence-corrected chi connectivity index (χ2v) is 5.44. The highest BCUT2D eigenvalue weighted by molar-refractivity contribution is 6.08. The van der Waals surface area contributed by atoms with Crippen molar-refractivity contribution in [2.75, 3.05) is 13.2 Å². The molecule has 3 aromatic rings. The van der Waals surface area contributed by atoms with Gasteiger partial charge in [-0.15, -0.1) is 0 Å². The van der Waals surface area contributed by atoms with E-state index in [1.165, 1.54) is 12.1 Å². The molecule has 1 heterocycles. The zero-order valence-corrected chi connectivity index (χ0v) is 14.0. The number of ether oxygens (including phenoxy) is 2. The van der Waals surface area contributed by atoms with Crippen LogP contribution in [0, 0.1) is 5.82 Å². The first-order valence-corrected chi connectivity index (χ1v) is 8.21. The third kappa shape index (κ3) is 3.59. The summed E-state index contributed by atoms with van der Waals surface area (Å²) in [5.74, 6) is 2.06. The summed E-state index contributed by atoms with van der Waals surface area (Å²) < 4.78 is 26.5. The zero-order chi connectivity index (χ0) is 16.9. The fourth-order valence-corrected chi connectivity index (χ4v) is 2.67. The second kappa shape index (κ2) is 7.49. The number of aromatic nitrogens is 2. The summed E-state index contributed by atoms with van der Waals surface area (Å²) in [4.78, 5) is 4.67. The van der Waals surface area contributed by atoms with E-state index in [0.717, 1.165) is 29.7 Å². The van der Waals surface area contributed by atoms with Crippen LogP contribution in [0.25, 0.3) is 11.0 Å². The van der Waals surface area contributed by atoms with Crippen LogP contribution in [0.2, 0.25) is 0 Å². The number of benzene rings is 2. The topological polar surface area (TPSA) is 36.3 Å². The molecule has 0 aliphatic carbocycles. The normalized spacial score (nSPS) is 11.1. The molecule has 0 N–H and O–H groups in total. The van der Waals surface area contributed by atoms with Crippen LogP contribution >= 0.6 is 0 Å². The molecule has 3 rings (SSSR count). The van der Waals surface area contributed by atoms with Crippen molar-refractivity contribution in [1.29, 1.82) is 0 Å². The maximum Gasteiger partial charge on any atom is 0.129 e. The average Bonchev–Trinajstić information content (AvgIpc) is 2.94. The third-order valence-corrected chi connectivity index (χ3v) is 3.83. The van der Waals surface area contributed by atoms with Gasteiger partial charge in [0.25, 0.3) is 0 Å². The maximum absolute atomic E-state index is 13.0. The van der Waals surface area contributed by atoms with Crippen molar-refractivity contribution in [1.82, 2.24) is 9.55 Å². The van der Waals surface area contributed by atoms with Gasteiger partial charge in [-0.25, -0.2) is 9.37 Å². The number of rotatable bonds is 7. The first-order valence-electron chi connectivity index (χ1n) is 8.21. The summed E-state index contributed by atoms with van der Waals surface area (Å²) in [5, 5.41) is 0. The summed E-state index contributed by atoms with van der Waals surface area (Å²) in [6.45, 7) is 4.10. The Morgan fingerprint density at radius 2 is 1.88 bits per heavy atom. The number of imidazole rings is 1. The predicted octanol–water partition coefficient (Wildman–Crippen LogP) is 3.14. The minimum atomic E-state index is -0.278. The Kier molecular flexibility index (Phi) is 5.16. The highest BCUT2D eigenvalue weighted by Crippen LogP contribution is 2.26. The monoisotopic (exact) mass is 326 g/mol. The summed E-state index contributed by atoms with van der Waals surface area (Å²) in [6.07, 6.45) is 0.856. The predicted molar refractivity (Wildman–Crippen MR) is 94.9 cm³/mol. The largest absolute Gasteiger partial charge is 0.457 e. The van der Waals surface area contributed by atoms with Crippen molar-refractivity contribution in [3.8, 4) is 11.5 Å². The van der Waals surface area contributed by atoms with Crippen LogP contribution in [-0.4, -0.2) is 30.6 Å². The second-order valence-electron chi connectivity index (χ2n) is 5.44. The minimum absolute atomic E-state index is 0.278. The highest BCUT2D eigenvalue weighted by atomic mass is 19.1. The fourth-order valence-electron chi connectivity index (χ4n) is 2.67.